The fraction of sp³-hybridized carbons (Fsp3) is 0.286. The van der Waals surface area contributed by atoms with Crippen LogP contribution >= 0.6 is 0 Å². The van der Waals surface area contributed by atoms with E-state index in [-0.39, 0.29) is 5.91 Å². The van der Waals surface area contributed by atoms with E-state index in [9.17, 15) is 9.59 Å². The number of ether oxygens (including phenoxy) is 3. The Balaban J connectivity index is 1.63. The van der Waals surface area contributed by atoms with Gasteiger partial charge in [0.2, 0.25) is 5.91 Å². The van der Waals surface area contributed by atoms with Crippen LogP contribution in [-0.4, -0.2) is 39.2 Å². The van der Waals surface area contributed by atoms with E-state index in [2.05, 4.69) is 6.92 Å². The smallest absolute Gasteiger partial charge is 0.266 e. The van der Waals surface area contributed by atoms with Crippen LogP contribution in [0.1, 0.15) is 24.1 Å². The van der Waals surface area contributed by atoms with Gasteiger partial charge < -0.3 is 14.2 Å². The minimum Gasteiger partial charge on any atom is -0.496 e. The van der Waals surface area contributed by atoms with E-state index in [0.717, 1.165) is 12.0 Å². The van der Waals surface area contributed by atoms with Crippen LogP contribution in [0.25, 0.3) is 0 Å². The number of anilines is 2. The summed E-state index contributed by atoms with van der Waals surface area (Å²) in [7, 11) is 4.64. The number of methoxy groups -OCH3 is 3. The molecule has 2 aliphatic heterocycles. The number of carbonyl (C=O) groups is 2. The summed E-state index contributed by atoms with van der Waals surface area (Å²) in [5.41, 5.74) is 3.02. The maximum atomic E-state index is 13.9. The van der Waals surface area contributed by atoms with Crippen LogP contribution in [0.5, 0.6) is 17.2 Å². The normalized spacial score (nSPS) is 21.1. The second-order valence-corrected chi connectivity index (χ2v) is 8.64. The van der Waals surface area contributed by atoms with Crippen molar-refractivity contribution < 1.29 is 28.6 Å². The van der Waals surface area contributed by atoms with Crippen LogP contribution in [0.4, 0.5) is 11.4 Å². The van der Waals surface area contributed by atoms with Crippen molar-refractivity contribution in [1.29, 1.82) is 0 Å². The highest BCUT2D eigenvalue weighted by atomic mass is 16.7. The van der Waals surface area contributed by atoms with Gasteiger partial charge in [0.25, 0.3) is 5.91 Å². The van der Waals surface area contributed by atoms with Crippen LogP contribution in [0.15, 0.2) is 66.7 Å². The Morgan fingerprint density at radius 3 is 2.03 bits per heavy atom. The number of nitrogens with zero attached hydrogens (tertiary/aromatic N) is 2. The molecule has 0 unspecified atom stereocenters. The van der Waals surface area contributed by atoms with Crippen LogP contribution in [-0.2, 0) is 20.8 Å². The minimum absolute atomic E-state index is 0.325. The Bertz CT molecular complexity index is 1280. The van der Waals surface area contributed by atoms with Gasteiger partial charge in [-0.05, 0) is 42.3 Å². The SMILES string of the molecule is CCc1ccc(N2C(=O)[C@@H]3[C@@H](ON(c4ccccc4)[C@H]3c3cc(OC)c(OC)cc3OC)C2=O)cc1. The average molecular weight is 489 g/mol. The van der Waals surface area contributed by atoms with Crippen molar-refractivity contribution in [3.63, 3.8) is 0 Å². The summed E-state index contributed by atoms with van der Waals surface area (Å²) in [5, 5.41) is 1.63. The Labute approximate surface area is 209 Å². The molecule has 0 aromatic heterocycles. The lowest BCUT2D eigenvalue weighted by Crippen LogP contribution is -2.37. The first kappa shape index (κ1) is 23.7. The number of hydroxylamine groups is 1. The molecule has 0 N–H and O–H groups in total. The molecule has 0 spiro atoms. The van der Waals surface area contributed by atoms with Gasteiger partial charge in [-0.1, -0.05) is 37.3 Å². The Morgan fingerprint density at radius 2 is 1.42 bits per heavy atom. The number of hydrogen-bond acceptors (Lipinski definition) is 7. The Hall–Kier alpha value is -4.04. The maximum absolute atomic E-state index is 13.9. The van der Waals surface area contributed by atoms with Gasteiger partial charge in [0, 0.05) is 11.6 Å². The number of amides is 2. The van der Waals surface area contributed by atoms with Gasteiger partial charge in [-0.3, -0.25) is 14.4 Å². The summed E-state index contributed by atoms with van der Waals surface area (Å²) in [6.45, 7) is 2.05. The van der Waals surface area contributed by atoms with E-state index in [0.29, 0.717) is 34.2 Å². The highest BCUT2D eigenvalue weighted by Crippen LogP contribution is 2.51. The fourth-order valence-electron chi connectivity index (χ4n) is 4.95. The standard InChI is InChI=1S/C28H28N2O6/c1-5-17-11-13-18(14-12-17)29-27(31)24-25(20-15-22(34-3)23(35-4)16-21(20)33-2)30(36-26(24)28(29)32)19-9-7-6-8-10-19/h6-16,24-26H,5H2,1-4H3/t24-,25-,26+/m0/s1. The van der Waals surface area contributed by atoms with Gasteiger partial charge in [0.15, 0.2) is 17.6 Å². The van der Waals surface area contributed by atoms with E-state index in [1.165, 1.54) is 4.90 Å². The van der Waals surface area contributed by atoms with Crippen LogP contribution in [0, 0.1) is 5.92 Å². The van der Waals surface area contributed by atoms with Gasteiger partial charge >= 0.3 is 0 Å². The van der Waals surface area contributed by atoms with E-state index in [1.807, 2.05) is 42.5 Å². The average Bonchev–Trinajstić information content (AvgIpc) is 3.43. The highest BCUT2D eigenvalue weighted by molar-refractivity contribution is 6.24. The summed E-state index contributed by atoms with van der Waals surface area (Å²) in [5.74, 6) is -0.0455. The molecule has 36 heavy (non-hydrogen) atoms. The first-order valence-corrected chi connectivity index (χ1v) is 11.8. The third-order valence-electron chi connectivity index (χ3n) is 6.78. The Morgan fingerprint density at radius 1 is 0.778 bits per heavy atom. The lowest BCUT2D eigenvalue weighted by atomic mass is 9.89. The van der Waals surface area contributed by atoms with Gasteiger partial charge in [-0.2, -0.15) is 0 Å². The zero-order valence-electron chi connectivity index (χ0n) is 20.6. The number of hydrogen-bond donors (Lipinski definition) is 0. The van der Waals surface area contributed by atoms with Crippen LogP contribution < -0.4 is 24.2 Å². The lowest BCUT2D eigenvalue weighted by molar-refractivity contribution is -0.126. The molecule has 0 radical (unpaired) electrons. The number of para-hydroxylation sites is 1. The number of benzene rings is 3. The van der Waals surface area contributed by atoms with Crippen molar-refractivity contribution in [1.82, 2.24) is 0 Å². The van der Waals surface area contributed by atoms with Crippen molar-refractivity contribution in [3.05, 3.63) is 77.9 Å². The molecule has 0 bridgehead atoms. The number of fused-ring (bicyclic) bond motifs is 1. The number of carbonyl (C=O) groups excluding carboxylic acids is 2. The van der Waals surface area contributed by atoms with Gasteiger partial charge in [0.05, 0.1) is 32.7 Å². The molecule has 3 aromatic carbocycles. The number of imide groups is 1. The lowest BCUT2D eigenvalue weighted by Gasteiger charge is -2.30. The van der Waals surface area contributed by atoms with Gasteiger partial charge in [0.1, 0.15) is 17.7 Å². The van der Waals surface area contributed by atoms with E-state index < -0.39 is 24.0 Å². The van der Waals surface area contributed by atoms with Crippen molar-refractivity contribution in [2.24, 2.45) is 5.92 Å². The first-order chi connectivity index (χ1) is 17.5. The minimum atomic E-state index is -0.980. The van der Waals surface area contributed by atoms with Crippen molar-refractivity contribution in [3.8, 4) is 17.2 Å². The van der Waals surface area contributed by atoms with Gasteiger partial charge in [-0.25, -0.2) is 9.96 Å². The predicted molar refractivity (Wildman–Crippen MR) is 134 cm³/mol. The molecule has 2 heterocycles. The monoisotopic (exact) mass is 488 g/mol. The Kier molecular flexibility index (Phi) is 6.28. The van der Waals surface area contributed by atoms with Crippen molar-refractivity contribution in [2.45, 2.75) is 25.5 Å². The fourth-order valence-corrected chi connectivity index (χ4v) is 4.95. The second kappa shape index (κ2) is 9.54. The van der Waals surface area contributed by atoms with Crippen LogP contribution in [0.3, 0.4) is 0 Å². The molecule has 3 atom stereocenters. The first-order valence-electron chi connectivity index (χ1n) is 11.8. The highest BCUT2D eigenvalue weighted by Gasteiger charge is 2.60. The molecule has 0 saturated carbocycles. The number of rotatable bonds is 7. The summed E-state index contributed by atoms with van der Waals surface area (Å²) < 4.78 is 16.7. The molecule has 2 aliphatic rings. The van der Waals surface area contributed by atoms with Gasteiger partial charge in [-0.15, -0.1) is 0 Å². The van der Waals surface area contributed by atoms with Crippen molar-refractivity contribution >= 4 is 23.2 Å². The third kappa shape index (κ3) is 3.74. The predicted octanol–water partition coefficient (Wildman–Crippen LogP) is 4.33. The molecule has 8 heteroatoms. The van der Waals surface area contributed by atoms with Crippen molar-refractivity contribution in [2.75, 3.05) is 31.3 Å². The molecule has 0 aliphatic carbocycles. The molecule has 186 valence electrons. The largest absolute Gasteiger partial charge is 0.496 e. The summed E-state index contributed by atoms with van der Waals surface area (Å²) in [4.78, 5) is 34.9. The topological polar surface area (TPSA) is 77.5 Å². The molecule has 3 aromatic rings. The van der Waals surface area contributed by atoms with E-state index in [1.54, 1.807) is 50.7 Å². The molecule has 2 saturated heterocycles. The zero-order valence-corrected chi connectivity index (χ0v) is 20.6. The molecule has 8 nitrogen and oxygen atoms in total. The second-order valence-electron chi connectivity index (χ2n) is 8.64. The summed E-state index contributed by atoms with van der Waals surface area (Å²) in [6.07, 6.45) is -0.115. The van der Waals surface area contributed by atoms with E-state index >= 15 is 0 Å². The maximum Gasteiger partial charge on any atom is 0.266 e. The van der Waals surface area contributed by atoms with Crippen LogP contribution in [0.2, 0.25) is 0 Å². The molecular formula is C28H28N2O6. The summed E-state index contributed by atoms with van der Waals surface area (Å²) >= 11 is 0. The summed E-state index contributed by atoms with van der Waals surface area (Å²) in [6, 6.07) is 19.7. The molecular weight excluding hydrogens is 460 g/mol. The quantitative estimate of drug-likeness (QED) is 0.458. The van der Waals surface area contributed by atoms with E-state index in [4.69, 9.17) is 19.0 Å². The molecule has 5 rings (SSSR count). The zero-order chi connectivity index (χ0) is 25.4. The third-order valence-corrected chi connectivity index (χ3v) is 6.78. The number of aryl methyl sites for hydroxylation is 1. The molecule has 2 amide bonds. The molecule has 2 fully saturated rings.